The Morgan fingerprint density at radius 2 is 2.22 bits per heavy atom. The lowest BCUT2D eigenvalue weighted by Crippen LogP contribution is -2.28. The van der Waals surface area contributed by atoms with E-state index in [0.29, 0.717) is 18.3 Å². The van der Waals surface area contributed by atoms with E-state index in [1.54, 1.807) is 7.11 Å². The molecule has 0 aliphatic carbocycles. The summed E-state index contributed by atoms with van der Waals surface area (Å²) in [5.74, 6) is 1.27. The van der Waals surface area contributed by atoms with E-state index < -0.39 is 5.60 Å². The predicted octanol–water partition coefficient (Wildman–Crippen LogP) is 0.746. The summed E-state index contributed by atoms with van der Waals surface area (Å²) in [5, 5.41) is 7.37. The first-order valence-electron chi connectivity index (χ1n) is 6.43. The summed E-state index contributed by atoms with van der Waals surface area (Å²) in [4.78, 5) is 6.74. The van der Waals surface area contributed by atoms with Gasteiger partial charge in [0.05, 0.1) is 6.54 Å². The summed E-state index contributed by atoms with van der Waals surface area (Å²) in [7, 11) is 1.65. The largest absolute Gasteiger partial charge is 0.371 e. The van der Waals surface area contributed by atoms with Crippen LogP contribution in [0.5, 0.6) is 0 Å². The molecule has 1 aliphatic rings. The Morgan fingerprint density at radius 1 is 1.39 bits per heavy atom. The molecule has 2 rings (SSSR count). The fourth-order valence-electron chi connectivity index (χ4n) is 1.91. The zero-order chi connectivity index (χ0) is 13.0. The van der Waals surface area contributed by atoms with Gasteiger partial charge in [0.2, 0.25) is 11.7 Å². The van der Waals surface area contributed by atoms with Crippen molar-refractivity contribution in [1.29, 1.82) is 0 Å². The standard InChI is InChI=1S/C12H22N4O2/c1-12(2,17-3)11-14-10(18-15-11)9-16-7-4-5-13-6-8-16/h13H,4-9H2,1-3H3. The van der Waals surface area contributed by atoms with Crippen LogP contribution in [0.1, 0.15) is 32.0 Å². The molecule has 18 heavy (non-hydrogen) atoms. The topological polar surface area (TPSA) is 63.4 Å². The highest BCUT2D eigenvalue weighted by Gasteiger charge is 2.26. The highest BCUT2D eigenvalue weighted by Crippen LogP contribution is 2.20. The van der Waals surface area contributed by atoms with E-state index in [2.05, 4.69) is 20.4 Å². The summed E-state index contributed by atoms with van der Waals surface area (Å²) in [6, 6.07) is 0. The fourth-order valence-corrected chi connectivity index (χ4v) is 1.91. The van der Waals surface area contributed by atoms with Crippen molar-refractivity contribution in [2.75, 3.05) is 33.3 Å². The van der Waals surface area contributed by atoms with Crippen molar-refractivity contribution in [3.8, 4) is 0 Å². The van der Waals surface area contributed by atoms with Crippen molar-refractivity contribution in [2.45, 2.75) is 32.4 Å². The fraction of sp³-hybridized carbons (Fsp3) is 0.833. The number of hydrogen-bond donors (Lipinski definition) is 1. The third-order valence-corrected chi connectivity index (χ3v) is 3.31. The third-order valence-electron chi connectivity index (χ3n) is 3.31. The van der Waals surface area contributed by atoms with Crippen LogP contribution in [0.15, 0.2) is 4.52 Å². The Balaban J connectivity index is 1.97. The lowest BCUT2D eigenvalue weighted by Gasteiger charge is -2.18. The summed E-state index contributed by atoms with van der Waals surface area (Å²) in [6.07, 6.45) is 1.16. The molecule has 1 fully saturated rings. The Hall–Kier alpha value is -0.980. The molecule has 6 nitrogen and oxygen atoms in total. The molecule has 102 valence electrons. The SMILES string of the molecule is COC(C)(C)c1noc(CN2CCCNCC2)n1. The van der Waals surface area contributed by atoms with Crippen molar-refractivity contribution in [3.63, 3.8) is 0 Å². The molecule has 0 saturated carbocycles. The Kier molecular flexibility index (Phi) is 4.31. The van der Waals surface area contributed by atoms with Gasteiger partial charge < -0.3 is 14.6 Å². The highest BCUT2D eigenvalue weighted by molar-refractivity contribution is 4.97. The third kappa shape index (κ3) is 3.28. The molecule has 0 atom stereocenters. The molecule has 0 spiro atoms. The van der Waals surface area contributed by atoms with Crippen LogP contribution in [0.3, 0.4) is 0 Å². The van der Waals surface area contributed by atoms with E-state index in [4.69, 9.17) is 9.26 Å². The van der Waals surface area contributed by atoms with Gasteiger partial charge in [0, 0.05) is 20.2 Å². The molecule has 0 amide bonds. The van der Waals surface area contributed by atoms with Crippen molar-refractivity contribution >= 4 is 0 Å². The van der Waals surface area contributed by atoms with Crippen molar-refractivity contribution in [2.24, 2.45) is 0 Å². The zero-order valence-electron chi connectivity index (χ0n) is 11.4. The van der Waals surface area contributed by atoms with Gasteiger partial charge >= 0.3 is 0 Å². The predicted molar refractivity (Wildman–Crippen MR) is 67.1 cm³/mol. The zero-order valence-corrected chi connectivity index (χ0v) is 11.4. The number of rotatable bonds is 4. The van der Waals surface area contributed by atoms with Gasteiger partial charge in [-0.2, -0.15) is 4.98 Å². The number of hydrogen-bond acceptors (Lipinski definition) is 6. The normalized spacial score (nSPS) is 18.8. The quantitative estimate of drug-likeness (QED) is 0.855. The van der Waals surface area contributed by atoms with Crippen LogP contribution in [0.25, 0.3) is 0 Å². The van der Waals surface area contributed by atoms with Gasteiger partial charge in [-0.25, -0.2) is 0 Å². The minimum absolute atomic E-state index is 0.498. The maximum atomic E-state index is 5.34. The van der Waals surface area contributed by atoms with Gasteiger partial charge in [0.1, 0.15) is 5.60 Å². The van der Waals surface area contributed by atoms with E-state index in [9.17, 15) is 0 Å². The second-order valence-electron chi connectivity index (χ2n) is 5.11. The molecule has 0 unspecified atom stereocenters. The van der Waals surface area contributed by atoms with E-state index in [1.165, 1.54) is 0 Å². The van der Waals surface area contributed by atoms with E-state index in [0.717, 1.165) is 32.6 Å². The maximum absolute atomic E-state index is 5.34. The van der Waals surface area contributed by atoms with E-state index in [-0.39, 0.29) is 0 Å². The molecule has 1 aromatic heterocycles. The van der Waals surface area contributed by atoms with Gasteiger partial charge in [-0.15, -0.1) is 0 Å². The second-order valence-corrected chi connectivity index (χ2v) is 5.11. The minimum Gasteiger partial charge on any atom is -0.371 e. The number of ether oxygens (including phenoxy) is 1. The van der Waals surface area contributed by atoms with Gasteiger partial charge in [-0.1, -0.05) is 5.16 Å². The Morgan fingerprint density at radius 3 is 3.00 bits per heavy atom. The number of nitrogens with zero attached hydrogens (tertiary/aromatic N) is 3. The van der Waals surface area contributed by atoms with Crippen LogP contribution in [0, 0.1) is 0 Å². The molecule has 2 heterocycles. The molecule has 0 aromatic carbocycles. The smallest absolute Gasteiger partial charge is 0.240 e. The summed E-state index contributed by atoms with van der Waals surface area (Å²) in [6.45, 7) is 8.76. The molecule has 0 radical (unpaired) electrons. The average Bonchev–Trinajstić information content (AvgIpc) is 2.67. The lowest BCUT2D eigenvalue weighted by atomic mass is 10.1. The summed E-state index contributed by atoms with van der Waals surface area (Å²) >= 11 is 0. The first-order chi connectivity index (χ1) is 8.62. The summed E-state index contributed by atoms with van der Waals surface area (Å²) < 4.78 is 10.6. The average molecular weight is 254 g/mol. The molecule has 6 heteroatoms. The number of nitrogens with one attached hydrogen (secondary N) is 1. The molecular weight excluding hydrogens is 232 g/mol. The Bertz CT molecular complexity index is 370. The van der Waals surface area contributed by atoms with Crippen LogP contribution in [-0.4, -0.2) is 48.3 Å². The van der Waals surface area contributed by atoms with Crippen molar-refractivity contribution in [1.82, 2.24) is 20.4 Å². The number of methoxy groups -OCH3 is 1. The molecular formula is C12H22N4O2. The van der Waals surface area contributed by atoms with Crippen LogP contribution >= 0.6 is 0 Å². The molecule has 1 saturated heterocycles. The Labute approximate surface area is 108 Å². The number of aromatic nitrogens is 2. The minimum atomic E-state index is -0.498. The van der Waals surface area contributed by atoms with Crippen LogP contribution in [0.4, 0.5) is 0 Å². The molecule has 1 N–H and O–H groups in total. The first-order valence-corrected chi connectivity index (χ1v) is 6.43. The monoisotopic (exact) mass is 254 g/mol. The second kappa shape index (κ2) is 5.77. The lowest BCUT2D eigenvalue weighted by molar-refractivity contribution is 0.00973. The van der Waals surface area contributed by atoms with Gasteiger partial charge in [-0.05, 0) is 33.4 Å². The maximum Gasteiger partial charge on any atom is 0.240 e. The van der Waals surface area contributed by atoms with E-state index in [1.807, 2.05) is 13.8 Å². The van der Waals surface area contributed by atoms with Gasteiger partial charge in [0.15, 0.2) is 0 Å². The van der Waals surface area contributed by atoms with E-state index >= 15 is 0 Å². The molecule has 1 aliphatic heterocycles. The van der Waals surface area contributed by atoms with Crippen LogP contribution in [0.2, 0.25) is 0 Å². The van der Waals surface area contributed by atoms with Crippen LogP contribution < -0.4 is 5.32 Å². The van der Waals surface area contributed by atoms with Gasteiger partial charge in [-0.3, -0.25) is 4.90 Å². The molecule has 0 bridgehead atoms. The van der Waals surface area contributed by atoms with Crippen molar-refractivity contribution in [3.05, 3.63) is 11.7 Å². The van der Waals surface area contributed by atoms with Gasteiger partial charge in [0.25, 0.3) is 0 Å². The van der Waals surface area contributed by atoms with Crippen molar-refractivity contribution < 1.29 is 9.26 Å². The molecule has 1 aromatic rings. The van der Waals surface area contributed by atoms with Crippen LogP contribution in [-0.2, 0) is 16.9 Å². The summed E-state index contributed by atoms with van der Waals surface area (Å²) in [5.41, 5.74) is -0.498. The first kappa shape index (κ1) is 13.5. The highest BCUT2D eigenvalue weighted by atomic mass is 16.5.